The van der Waals surface area contributed by atoms with Crippen LogP contribution in [0, 0.1) is 13.8 Å². The number of fused-ring (bicyclic) bond motifs is 1. The van der Waals surface area contributed by atoms with Crippen LogP contribution in [-0.4, -0.2) is 59.6 Å². The van der Waals surface area contributed by atoms with Gasteiger partial charge in [-0.25, -0.2) is 0 Å². The highest BCUT2D eigenvalue weighted by molar-refractivity contribution is 5.90. The van der Waals surface area contributed by atoms with Crippen molar-refractivity contribution in [3.63, 3.8) is 0 Å². The molecule has 1 aliphatic heterocycles. The van der Waals surface area contributed by atoms with Gasteiger partial charge in [-0.1, -0.05) is 54.6 Å². The average molecular weight is 444 g/mol. The summed E-state index contributed by atoms with van der Waals surface area (Å²) in [5.74, 6) is 0.257. The van der Waals surface area contributed by atoms with E-state index in [-0.39, 0.29) is 11.7 Å². The number of hydrogen-bond donors (Lipinski definition) is 2. The Morgan fingerprint density at radius 2 is 1.70 bits per heavy atom. The molecule has 3 N–H and O–H groups in total. The monoisotopic (exact) mass is 443 g/mol. The molecule has 1 fully saturated rings. The minimum absolute atomic E-state index is 0.00724. The van der Waals surface area contributed by atoms with E-state index < -0.39 is 6.04 Å². The number of aromatic hydroxyl groups is 1. The van der Waals surface area contributed by atoms with Crippen LogP contribution in [0.4, 0.5) is 0 Å². The Bertz CT molecular complexity index is 1130. The number of benzene rings is 3. The third-order valence-electron chi connectivity index (χ3n) is 6.59. The third kappa shape index (κ3) is 5.44. The number of nitrogens with zero attached hydrogens (tertiary/aromatic N) is 2. The highest BCUT2D eigenvalue weighted by Gasteiger charge is 2.25. The van der Waals surface area contributed by atoms with E-state index in [0.29, 0.717) is 19.5 Å². The van der Waals surface area contributed by atoms with Gasteiger partial charge in [-0.15, -0.1) is 0 Å². The largest absolute Gasteiger partial charge is 0.508 e. The molecule has 1 saturated heterocycles. The normalized spacial score (nSPS) is 15.9. The van der Waals surface area contributed by atoms with Crippen molar-refractivity contribution >= 4 is 22.8 Å². The summed E-state index contributed by atoms with van der Waals surface area (Å²) in [6, 6.07) is 17.7. The van der Waals surface area contributed by atoms with Crippen molar-refractivity contribution in [3.05, 3.63) is 82.9 Å². The van der Waals surface area contributed by atoms with E-state index in [9.17, 15) is 9.90 Å². The Hall–Kier alpha value is -3.15. The molecule has 3 aromatic rings. The van der Waals surface area contributed by atoms with Crippen molar-refractivity contribution in [1.29, 1.82) is 0 Å². The van der Waals surface area contributed by atoms with Crippen LogP contribution in [-0.2, 0) is 11.2 Å². The second-order valence-electron chi connectivity index (χ2n) is 8.97. The number of carbonyl (C=O) groups is 1. The molecule has 33 heavy (non-hydrogen) atoms. The average Bonchev–Trinajstić information content (AvgIpc) is 2.81. The summed E-state index contributed by atoms with van der Waals surface area (Å²) in [5.41, 5.74) is 10.5. The van der Waals surface area contributed by atoms with Crippen molar-refractivity contribution in [2.24, 2.45) is 5.73 Å². The zero-order valence-corrected chi connectivity index (χ0v) is 19.5. The molecule has 0 unspecified atom stereocenters. The molecule has 1 atom stereocenters. The van der Waals surface area contributed by atoms with Gasteiger partial charge < -0.3 is 15.7 Å². The summed E-state index contributed by atoms with van der Waals surface area (Å²) in [4.78, 5) is 17.2. The highest BCUT2D eigenvalue weighted by atomic mass is 16.3. The molecule has 0 aromatic heterocycles. The number of hydrogen-bond acceptors (Lipinski definition) is 4. The Labute approximate surface area is 196 Å². The quantitative estimate of drug-likeness (QED) is 0.606. The van der Waals surface area contributed by atoms with Crippen LogP contribution in [0.25, 0.3) is 16.8 Å². The van der Waals surface area contributed by atoms with Gasteiger partial charge in [-0.05, 0) is 65.4 Å². The zero-order valence-electron chi connectivity index (χ0n) is 19.5. The number of phenolic OH excluding ortho intramolecular Hbond substituents is 1. The van der Waals surface area contributed by atoms with Gasteiger partial charge in [0.2, 0.25) is 5.91 Å². The lowest BCUT2D eigenvalue weighted by molar-refractivity contribution is -0.134. The summed E-state index contributed by atoms with van der Waals surface area (Å²) in [6.45, 7) is 7.84. The lowest BCUT2D eigenvalue weighted by Gasteiger charge is -2.35. The van der Waals surface area contributed by atoms with Crippen molar-refractivity contribution < 1.29 is 9.90 Å². The fourth-order valence-electron chi connectivity index (χ4n) is 4.71. The number of rotatable bonds is 6. The molecule has 172 valence electrons. The Balaban J connectivity index is 1.29. The lowest BCUT2D eigenvalue weighted by atomic mass is 9.95. The zero-order chi connectivity index (χ0) is 23.4. The topological polar surface area (TPSA) is 69.8 Å². The molecule has 0 saturated carbocycles. The number of aryl methyl sites for hydroxylation is 2. The van der Waals surface area contributed by atoms with Crippen molar-refractivity contribution in [2.75, 3.05) is 32.7 Å². The highest BCUT2D eigenvalue weighted by Crippen LogP contribution is 2.22. The third-order valence-corrected chi connectivity index (χ3v) is 6.59. The maximum Gasteiger partial charge on any atom is 0.239 e. The van der Waals surface area contributed by atoms with Gasteiger partial charge in [0, 0.05) is 32.7 Å². The maximum absolute atomic E-state index is 12.9. The molecule has 0 spiro atoms. The minimum atomic E-state index is -0.565. The van der Waals surface area contributed by atoms with Crippen molar-refractivity contribution in [1.82, 2.24) is 9.80 Å². The molecule has 5 nitrogen and oxygen atoms in total. The van der Waals surface area contributed by atoms with E-state index in [1.54, 1.807) is 12.1 Å². The first-order chi connectivity index (χ1) is 15.9. The second kappa shape index (κ2) is 10.2. The lowest BCUT2D eigenvalue weighted by Crippen LogP contribution is -2.53. The number of amides is 1. The fraction of sp³-hybridized carbons (Fsp3) is 0.321. The SMILES string of the molecule is Cc1cc(O)cc(C)c1C[C@H](N)C(=O)N1CCN(C/C=C/c2cccc3ccccc23)CC1. The molecule has 3 aromatic carbocycles. The number of phenols is 1. The number of nitrogens with two attached hydrogens (primary N) is 1. The summed E-state index contributed by atoms with van der Waals surface area (Å²) in [6.07, 6.45) is 4.89. The fourth-order valence-corrected chi connectivity index (χ4v) is 4.71. The molecular weight excluding hydrogens is 410 g/mol. The van der Waals surface area contributed by atoms with Gasteiger partial charge in [-0.2, -0.15) is 0 Å². The van der Waals surface area contributed by atoms with Gasteiger partial charge in [-0.3, -0.25) is 9.69 Å². The molecule has 0 bridgehead atoms. The van der Waals surface area contributed by atoms with Crippen LogP contribution < -0.4 is 5.73 Å². The van der Waals surface area contributed by atoms with Gasteiger partial charge in [0.05, 0.1) is 6.04 Å². The molecule has 0 aliphatic carbocycles. The summed E-state index contributed by atoms with van der Waals surface area (Å²) in [7, 11) is 0. The molecular formula is C28H33N3O2. The van der Waals surface area contributed by atoms with Crippen molar-refractivity contribution in [2.45, 2.75) is 26.3 Å². The predicted octanol–water partition coefficient (Wildman–Crippen LogP) is 3.89. The first-order valence-electron chi connectivity index (χ1n) is 11.6. The molecule has 1 heterocycles. The summed E-state index contributed by atoms with van der Waals surface area (Å²) >= 11 is 0. The van der Waals surface area contributed by atoms with E-state index in [2.05, 4.69) is 59.5 Å². The van der Waals surface area contributed by atoms with Gasteiger partial charge >= 0.3 is 0 Å². The van der Waals surface area contributed by atoms with Gasteiger partial charge in [0.25, 0.3) is 0 Å². The van der Waals surface area contributed by atoms with Crippen LogP contribution in [0.2, 0.25) is 0 Å². The van der Waals surface area contributed by atoms with Crippen LogP contribution in [0.1, 0.15) is 22.3 Å². The van der Waals surface area contributed by atoms with E-state index in [1.165, 1.54) is 16.3 Å². The van der Waals surface area contributed by atoms with E-state index in [1.807, 2.05) is 18.7 Å². The van der Waals surface area contributed by atoms with Crippen molar-refractivity contribution in [3.8, 4) is 5.75 Å². The minimum Gasteiger partial charge on any atom is -0.508 e. The van der Waals surface area contributed by atoms with E-state index >= 15 is 0 Å². The molecule has 1 aliphatic rings. The van der Waals surface area contributed by atoms with Crippen LogP contribution in [0.3, 0.4) is 0 Å². The number of piperazine rings is 1. The Morgan fingerprint density at radius 3 is 2.42 bits per heavy atom. The van der Waals surface area contributed by atoms with Crippen LogP contribution in [0.5, 0.6) is 5.75 Å². The van der Waals surface area contributed by atoms with E-state index in [4.69, 9.17) is 5.73 Å². The first-order valence-corrected chi connectivity index (χ1v) is 11.6. The molecule has 5 heteroatoms. The molecule has 1 amide bonds. The second-order valence-corrected chi connectivity index (χ2v) is 8.97. The predicted molar refractivity (Wildman–Crippen MR) is 135 cm³/mol. The van der Waals surface area contributed by atoms with Crippen LogP contribution in [0.15, 0.2) is 60.7 Å². The van der Waals surface area contributed by atoms with Gasteiger partial charge in [0.15, 0.2) is 0 Å². The first kappa shape index (κ1) is 23.0. The van der Waals surface area contributed by atoms with Crippen LogP contribution >= 0.6 is 0 Å². The molecule has 0 radical (unpaired) electrons. The maximum atomic E-state index is 12.9. The molecule has 4 rings (SSSR count). The Morgan fingerprint density at radius 1 is 1.03 bits per heavy atom. The Kier molecular flexibility index (Phi) is 7.11. The smallest absolute Gasteiger partial charge is 0.239 e. The summed E-state index contributed by atoms with van der Waals surface area (Å²) in [5, 5.41) is 12.3. The number of carbonyl (C=O) groups excluding carboxylic acids is 1. The van der Waals surface area contributed by atoms with Gasteiger partial charge in [0.1, 0.15) is 5.75 Å². The van der Waals surface area contributed by atoms with E-state index in [0.717, 1.165) is 36.3 Å². The summed E-state index contributed by atoms with van der Waals surface area (Å²) < 4.78 is 0. The standard InChI is InChI=1S/C28H33N3O2/c1-20-17-24(32)18-21(2)26(20)19-27(29)28(33)31-15-13-30(14-16-31)12-6-10-23-9-5-8-22-7-3-4-11-25(22)23/h3-11,17-18,27,32H,12-16,19,29H2,1-2H3/b10-6+/t27-/m0/s1.